The fourth-order valence-corrected chi connectivity index (χ4v) is 1.99. The van der Waals surface area contributed by atoms with E-state index in [1.807, 2.05) is 36.4 Å². The Kier molecular flexibility index (Phi) is 2.73. The van der Waals surface area contributed by atoms with Crippen molar-refractivity contribution in [1.82, 2.24) is 0 Å². The van der Waals surface area contributed by atoms with Crippen LogP contribution in [0.5, 0.6) is 0 Å². The van der Waals surface area contributed by atoms with Gasteiger partial charge in [0.05, 0.1) is 6.42 Å². The molecule has 0 saturated carbocycles. The Balaban J connectivity index is 2.63. The molecule has 15 heavy (non-hydrogen) atoms. The van der Waals surface area contributed by atoms with Gasteiger partial charge in [-0.2, -0.15) is 0 Å². The van der Waals surface area contributed by atoms with Crippen molar-refractivity contribution in [3.05, 3.63) is 46.4 Å². The summed E-state index contributed by atoms with van der Waals surface area (Å²) in [6, 6.07) is 11.6. The summed E-state index contributed by atoms with van der Waals surface area (Å²) in [6.45, 7) is 0. The Labute approximate surface area is 95.7 Å². The third-order valence-corrected chi connectivity index (χ3v) is 2.77. The molecule has 0 atom stereocenters. The topological polar surface area (TPSA) is 37.3 Å². The molecule has 1 N–H and O–H groups in total. The molecule has 2 rings (SSSR count). The van der Waals surface area contributed by atoms with Crippen molar-refractivity contribution in [2.45, 2.75) is 6.42 Å². The van der Waals surface area contributed by atoms with E-state index in [-0.39, 0.29) is 6.42 Å². The minimum atomic E-state index is -0.803. The van der Waals surface area contributed by atoms with Crippen LogP contribution in [-0.4, -0.2) is 11.1 Å². The average Bonchev–Trinajstić information content (AvgIpc) is 2.18. The monoisotopic (exact) mass is 264 g/mol. The molecule has 0 radical (unpaired) electrons. The average molecular weight is 265 g/mol. The smallest absolute Gasteiger partial charge is 0.307 e. The molecule has 76 valence electrons. The summed E-state index contributed by atoms with van der Waals surface area (Å²) in [6.07, 6.45) is 0.0633. The van der Waals surface area contributed by atoms with Crippen LogP contribution < -0.4 is 0 Å². The maximum Gasteiger partial charge on any atom is 0.307 e. The molecule has 2 nitrogen and oxygen atoms in total. The molecule has 0 spiro atoms. The Morgan fingerprint density at radius 1 is 1.27 bits per heavy atom. The number of carbonyl (C=O) groups is 1. The minimum Gasteiger partial charge on any atom is -0.481 e. The first kappa shape index (κ1) is 10.2. The van der Waals surface area contributed by atoms with Gasteiger partial charge in [-0.3, -0.25) is 4.79 Å². The molecule has 0 heterocycles. The molecule has 0 saturated heterocycles. The van der Waals surface area contributed by atoms with Crippen LogP contribution in [0.25, 0.3) is 10.8 Å². The van der Waals surface area contributed by atoms with E-state index in [1.54, 1.807) is 0 Å². The predicted octanol–water partition coefficient (Wildman–Crippen LogP) is 3.23. The zero-order valence-electron chi connectivity index (χ0n) is 7.90. The van der Waals surface area contributed by atoms with E-state index in [0.717, 1.165) is 20.8 Å². The molecular weight excluding hydrogens is 256 g/mol. The number of fused-ring (bicyclic) bond motifs is 1. The molecule has 2 aromatic rings. The zero-order chi connectivity index (χ0) is 10.8. The Morgan fingerprint density at radius 2 is 2.07 bits per heavy atom. The third-order valence-electron chi connectivity index (χ3n) is 2.28. The van der Waals surface area contributed by atoms with Crippen LogP contribution in [0, 0.1) is 0 Å². The van der Waals surface area contributed by atoms with Gasteiger partial charge in [0.2, 0.25) is 0 Å². The molecule has 0 bridgehead atoms. The van der Waals surface area contributed by atoms with E-state index in [0.29, 0.717) is 0 Å². The van der Waals surface area contributed by atoms with E-state index < -0.39 is 5.97 Å². The standard InChI is InChI=1S/C12H9BrO2/c13-10-5-4-8-2-1-3-9(6-12(14)15)11(8)7-10/h1-5,7H,6H2,(H,14,15). The van der Waals surface area contributed by atoms with Crippen molar-refractivity contribution >= 4 is 32.7 Å². The van der Waals surface area contributed by atoms with Gasteiger partial charge in [-0.05, 0) is 28.5 Å². The van der Waals surface area contributed by atoms with E-state index in [1.165, 1.54) is 0 Å². The maximum atomic E-state index is 10.7. The van der Waals surface area contributed by atoms with Crippen LogP contribution in [0.4, 0.5) is 0 Å². The quantitative estimate of drug-likeness (QED) is 0.905. The van der Waals surface area contributed by atoms with Crippen molar-refractivity contribution in [3.8, 4) is 0 Å². The zero-order valence-corrected chi connectivity index (χ0v) is 9.49. The summed E-state index contributed by atoms with van der Waals surface area (Å²) in [5, 5.41) is 10.8. The Morgan fingerprint density at radius 3 is 2.80 bits per heavy atom. The van der Waals surface area contributed by atoms with Gasteiger partial charge in [0.25, 0.3) is 0 Å². The highest BCUT2D eigenvalue weighted by Crippen LogP contribution is 2.23. The highest BCUT2D eigenvalue weighted by Gasteiger charge is 2.05. The lowest BCUT2D eigenvalue weighted by atomic mass is 10.0. The third kappa shape index (κ3) is 2.18. The molecule has 0 aliphatic heterocycles. The number of carboxylic acid groups (broad SMARTS) is 1. The fourth-order valence-electron chi connectivity index (χ4n) is 1.63. The number of carboxylic acids is 1. The molecular formula is C12H9BrO2. The van der Waals surface area contributed by atoms with Crippen LogP contribution in [0.3, 0.4) is 0 Å². The lowest BCUT2D eigenvalue weighted by Crippen LogP contribution is -2.00. The van der Waals surface area contributed by atoms with Crippen molar-refractivity contribution in [2.75, 3.05) is 0 Å². The van der Waals surface area contributed by atoms with Gasteiger partial charge in [-0.1, -0.05) is 40.2 Å². The normalized spacial score (nSPS) is 10.5. The molecule has 2 aromatic carbocycles. The van der Waals surface area contributed by atoms with Gasteiger partial charge >= 0.3 is 5.97 Å². The van der Waals surface area contributed by atoms with Crippen molar-refractivity contribution in [3.63, 3.8) is 0 Å². The molecule has 3 heteroatoms. The lowest BCUT2D eigenvalue weighted by Gasteiger charge is -2.04. The summed E-state index contributed by atoms with van der Waals surface area (Å²) in [4.78, 5) is 10.7. The van der Waals surface area contributed by atoms with Gasteiger partial charge < -0.3 is 5.11 Å². The number of hydrogen-bond acceptors (Lipinski definition) is 1. The molecule has 0 fully saturated rings. The van der Waals surface area contributed by atoms with Gasteiger partial charge in [0.1, 0.15) is 0 Å². The maximum absolute atomic E-state index is 10.7. The first-order valence-corrected chi connectivity index (χ1v) is 5.35. The van der Waals surface area contributed by atoms with E-state index in [2.05, 4.69) is 15.9 Å². The summed E-state index contributed by atoms with van der Waals surface area (Å²) in [5.74, 6) is -0.803. The Hall–Kier alpha value is -1.35. The molecule has 0 amide bonds. The van der Waals surface area contributed by atoms with Crippen molar-refractivity contribution < 1.29 is 9.90 Å². The SMILES string of the molecule is O=C(O)Cc1cccc2ccc(Br)cc12. The van der Waals surface area contributed by atoms with E-state index >= 15 is 0 Å². The van der Waals surface area contributed by atoms with Crippen LogP contribution in [0.2, 0.25) is 0 Å². The van der Waals surface area contributed by atoms with Gasteiger partial charge in [0.15, 0.2) is 0 Å². The van der Waals surface area contributed by atoms with Crippen LogP contribution in [0.1, 0.15) is 5.56 Å². The number of rotatable bonds is 2. The largest absolute Gasteiger partial charge is 0.481 e. The van der Waals surface area contributed by atoms with Gasteiger partial charge in [0, 0.05) is 4.47 Å². The number of hydrogen-bond donors (Lipinski definition) is 1. The fraction of sp³-hybridized carbons (Fsp3) is 0.0833. The highest BCUT2D eigenvalue weighted by atomic mass is 79.9. The second-order valence-corrected chi connectivity index (χ2v) is 4.27. The minimum absolute atomic E-state index is 0.0633. The first-order chi connectivity index (χ1) is 7.16. The molecule has 0 aliphatic carbocycles. The molecule has 0 aromatic heterocycles. The summed E-state index contributed by atoms with van der Waals surface area (Å²) in [5.41, 5.74) is 0.848. The Bertz CT molecular complexity index is 520. The second-order valence-electron chi connectivity index (χ2n) is 3.35. The van der Waals surface area contributed by atoms with Crippen LogP contribution >= 0.6 is 15.9 Å². The number of aliphatic carboxylic acids is 1. The summed E-state index contributed by atoms with van der Waals surface area (Å²) < 4.78 is 0.966. The first-order valence-electron chi connectivity index (χ1n) is 4.56. The van der Waals surface area contributed by atoms with E-state index in [9.17, 15) is 4.79 Å². The van der Waals surface area contributed by atoms with Gasteiger partial charge in [-0.25, -0.2) is 0 Å². The van der Waals surface area contributed by atoms with Crippen molar-refractivity contribution in [1.29, 1.82) is 0 Å². The van der Waals surface area contributed by atoms with Crippen molar-refractivity contribution in [2.24, 2.45) is 0 Å². The predicted molar refractivity (Wildman–Crippen MR) is 63.0 cm³/mol. The molecule has 0 aliphatic rings. The number of halogens is 1. The number of benzene rings is 2. The van der Waals surface area contributed by atoms with Crippen LogP contribution in [-0.2, 0) is 11.2 Å². The highest BCUT2D eigenvalue weighted by molar-refractivity contribution is 9.10. The lowest BCUT2D eigenvalue weighted by molar-refractivity contribution is -0.136. The van der Waals surface area contributed by atoms with E-state index in [4.69, 9.17) is 5.11 Å². The van der Waals surface area contributed by atoms with Crippen LogP contribution in [0.15, 0.2) is 40.9 Å². The second kappa shape index (κ2) is 4.03. The van der Waals surface area contributed by atoms with Gasteiger partial charge in [-0.15, -0.1) is 0 Å². The summed E-state index contributed by atoms with van der Waals surface area (Å²) >= 11 is 3.39. The molecule has 0 unspecified atom stereocenters. The summed E-state index contributed by atoms with van der Waals surface area (Å²) in [7, 11) is 0.